The van der Waals surface area contributed by atoms with Crippen molar-refractivity contribution in [3.63, 3.8) is 0 Å². The Kier molecular flexibility index (Phi) is 8.17. The van der Waals surface area contributed by atoms with Crippen molar-refractivity contribution >= 4 is 37.6 Å². The molecule has 5 rings (SSSR count). The van der Waals surface area contributed by atoms with Crippen molar-refractivity contribution in [3.05, 3.63) is 63.6 Å². The molecule has 1 saturated heterocycles. The summed E-state index contributed by atoms with van der Waals surface area (Å²) in [5.74, 6) is -2.50. The third-order valence-electron chi connectivity index (χ3n) is 9.36. The van der Waals surface area contributed by atoms with E-state index in [1.807, 2.05) is 0 Å². The molecule has 1 amide bonds. The van der Waals surface area contributed by atoms with Gasteiger partial charge in [-0.2, -0.15) is 26.3 Å². The van der Waals surface area contributed by atoms with E-state index in [2.05, 4.69) is 15.9 Å². The average Bonchev–Trinajstić information content (AvgIpc) is 3.36. The number of nitrogens with zero attached hydrogens (tertiary/aromatic N) is 1. The predicted octanol–water partition coefficient (Wildman–Crippen LogP) is 6.85. The topological polar surface area (TPSA) is 91.8 Å². The first-order valence-corrected chi connectivity index (χ1v) is 16.1. The maximum atomic E-state index is 15.0. The van der Waals surface area contributed by atoms with E-state index in [1.54, 1.807) is 6.07 Å². The minimum atomic E-state index is -6.34. The second-order valence-corrected chi connectivity index (χ2v) is 14.7. The lowest BCUT2D eigenvalue weighted by molar-refractivity contribution is -0.348. The molecule has 2 aliphatic carbocycles. The van der Waals surface area contributed by atoms with Crippen LogP contribution in [-0.4, -0.2) is 55.2 Å². The summed E-state index contributed by atoms with van der Waals surface area (Å²) in [7, 11) is -4.46. The Labute approximate surface area is 256 Å². The van der Waals surface area contributed by atoms with E-state index in [4.69, 9.17) is 0 Å². The molecule has 240 valence electrons. The third kappa shape index (κ3) is 4.92. The number of likely N-dealkylation sites (tertiary alicyclic amines) is 1. The highest BCUT2D eigenvalue weighted by Crippen LogP contribution is 2.57. The summed E-state index contributed by atoms with van der Waals surface area (Å²) in [5, 5.41) is 9.32. The number of hydrogen-bond acceptors (Lipinski definition) is 4. The summed E-state index contributed by atoms with van der Waals surface area (Å²) in [6, 6.07) is 6.24. The van der Waals surface area contributed by atoms with Gasteiger partial charge in [-0.1, -0.05) is 40.2 Å². The normalized spacial score (nSPS) is 26.2. The van der Waals surface area contributed by atoms with E-state index in [-0.39, 0.29) is 73.4 Å². The molecule has 2 aromatic carbocycles. The zero-order valence-electron chi connectivity index (χ0n) is 22.9. The Bertz CT molecular complexity index is 1570. The Morgan fingerprint density at radius 3 is 2.07 bits per heavy atom. The van der Waals surface area contributed by atoms with Crippen LogP contribution in [0.5, 0.6) is 0 Å². The molecule has 0 radical (unpaired) electrons. The lowest BCUT2D eigenvalue weighted by atomic mass is 9.76. The van der Waals surface area contributed by atoms with E-state index >= 15 is 4.39 Å². The fraction of sp³-hybridized carbons (Fsp3) is 0.517. The van der Waals surface area contributed by atoms with Crippen LogP contribution in [0.4, 0.5) is 30.7 Å². The summed E-state index contributed by atoms with van der Waals surface area (Å²) in [6.07, 6.45) is -12.1. The lowest BCUT2D eigenvalue weighted by Gasteiger charge is -2.44. The molecular weight excluding hydrogens is 687 g/mol. The standard InChI is InChI=1S/C29H27BrF7NO5S/c30-20-2-1-3-21(15-20)44(42,43)26-12-13-38(24(39)16-4-6-17(7-5-16)25(40)41)23(26)11-8-18-14-19(9-10-22(18)26)27(31,28(32,33)34)29(35,36)37/h1-3,9-10,14-17,23H,4-8,11-13H2,(H,40,41). The first-order valence-electron chi connectivity index (χ1n) is 13.9. The number of carbonyl (C=O) groups is 2. The monoisotopic (exact) mass is 713 g/mol. The summed E-state index contributed by atoms with van der Waals surface area (Å²) in [6.45, 7) is -0.0606. The van der Waals surface area contributed by atoms with Crippen LogP contribution in [-0.2, 0) is 36.3 Å². The van der Waals surface area contributed by atoms with E-state index in [0.717, 1.165) is 6.07 Å². The number of aryl methyl sites for hydroxylation is 1. The van der Waals surface area contributed by atoms with Crippen LogP contribution >= 0.6 is 15.9 Å². The Morgan fingerprint density at radius 2 is 1.50 bits per heavy atom. The van der Waals surface area contributed by atoms with E-state index in [1.165, 1.54) is 23.1 Å². The Balaban J connectivity index is 1.63. The fourth-order valence-corrected chi connectivity index (χ4v) is 10.1. The second kappa shape index (κ2) is 11.0. The highest BCUT2D eigenvalue weighted by atomic mass is 79.9. The first-order chi connectivity index (χ1) is 20.4. The van der Waals surface area contributed by atoms with E-state index in [9.17, 15) is 49.5 Å². The summed E-state index contributed by atoms with van der Waals surface area (Å²) in [4.78, 5) is 26.4. The molecule has 1 saturated carbocycles. The quantitative estimate of drug-likeness (QED) is 0.343. The van der Waals surface area contributed by atoms with E-state index < -0.39 is 62.0 Å². The number of rotatable bonds is 5. The highest BCUT2D eigenvalue weighted by molar-refractivity contribution is 9.10. The number of hydrogen-bond donors (Lipinski definition) is 1. The van der Waals surface area contributed by atoms with Gasteiger partial charge >= 0.3 is 24.0 Å². The number of halogens is 8. The van der Waals surface area contributed by atoms with Crippen molar-refractivity contribution in [1.29, 1.82) is 0 Å². The van der Waals surface area contributed by atoms with Gasteiger partial charge < -0.3 is 10.0 Å². The number of carboxylic acid groups (broad SMARTS) is 1. The molecule has 6 nitrogen and oxygen atoms in total. The van der Waals surface area contributed by atoms with Gasteiger partial charge in [-0.15, -0.1) is 0 Å². The number of carbonyl (C=O) groups excluding carboxylic acids is 1. The third-order valence-corrected chi connectivity index (χ3v) is 12.4. The van der Waals surface area contributed by atoms with Gasteiger partial charge in [0.2, 0.25) is 5.91 Å². The number of alkyl halides is 7. The molecule has 0 spiro atoms. The second-order valence-electron chi connectivity index (χ2n) is 11.6. The maximum absolute atomic E-state index is 15.0. The molecule has 1 heterocycles. The molecule has 1 N–H and O–H groups in total. The van der Waals surface area contributed by atoms with Crippen molar-refractivity contribution in [2.45, 2.75) is 78.7 Å². The molecule has 15 heteroatoms. The van der Waals surface area contributed by atoms with Crippen LogP contribution in [0.3, 0.4) is 0 Å². The van der Waals surface area contributed by atoms with E-state index in [0.29, 0.717) is 16.6 Å². The molecule has 2 atom stereocenters. The zero-order valence-corrected chi connectivity index (χ0v) is 25.3. The molecule has 44 heavy (non-hydrogen) atoms. The van der Waals surface area contributed by atoms with Crippen LogP contribution in [0, 0.1) is 11.8 Å². The summed E-state index contributed by atoms with van der Waals surface area (Å²) < 4.78 is 124. The predicted molar refractivity (Wildman–Crippen MR) is 146 cm³/mol. The van der Waals surface area contributed by atoms with Crippen molar-refractivity contribution in [2.24, 2.45) is 11.8 Å². The molecule has 2 unspecified atom stereocenters. The lowest BCUT2D eigenvalue weighted by Crippen LogP contribution is -2.53. The molecule has 0 bridgehead atoms. The smallest absolute Gasteiger partial charge is 0.435 e. The Morgan fingerprint density at radius 1 is 0.886 bits per heavy atom. The van der Waals surface area contributed by atoms with Gasteiger partial charge in [-0.05, 0) is 74.3 Å². The first kappa shape index (κ1) is 32.7. The van der Waals surface area contributed by atoms with Crippen molar-refractivity contribution in [2.75, 3.05) is 6.54 Å². The van der Waals surface area contributed by atoms with Gasteiger partial charge in [0, 0.05) is 22.5 Å². The van der Waals surface area contributed by atoms with Crippen molar-refractivity contribution < 1.29 is 53.8 Å². The minimum absolute atomic E-state index is 0.0606. The van der Waals surface area contributed by atoms with Crippen LogP contribution < -0.4 is 0 Å². The minimum Gasteiger partial charge on any atom is -0.481 e. The average molecular weight is 714 g/mol. The molecule has 3 aliphatic rings. The maximum Gasteiger partial charge on any atom is 0.435 e. The van der Waals surface area contributed by atoms with Gasteiger partial charge in [0.05, 0.1) is 16.9 Å². The molecule has 1 aliphatic heterocycles. The van der Waals surface area contributed by atoms with Crippen molar-refractivity contribution in [3.8, 4) is 0 Å². The number of fused-ring (bicyclic) bond motifs is 3. The van der Waals surface area contributed by atoms with Gasteiger partial charge in [0.25, 0.3) is 0 Å². The molecule has 2 aromatic rings. The Hall–Kier alpha value is -2.68. The molecule has 2 fully saturated rings. The van der Waals surface area contributed by atoms with Crippen LogP contribution in [0.2, 0.25) is 0 Å². The van der Waals surface area contributed by atoms with Crippen LogP contribution in [0.15, 0.2) is 51.8 Å². The fourth-order valence-electron chi connectivity index (χ4n) is 7.16. The molecule has 0 aromatic heterocycles. The number of amides is 1. The number of benzene rings is 2. The van der Waals surface area contributed by atoms with Gasteiger partial charge in [0.15, 0.2) is 9.84 Å². The SMILES string of the molecule is O=C(O)C1CCC(C(=O)N2CCC3(S(=O)(=O)c4cccc(Br)c4)c4ccc(C(F)(C(F)(F)F)C(F)(F)F)cc4CCC23)CC1. The number of aliphatic carboxylic acids is 1. The molecular formula is C29H27BrF7NO5S. The largest absolute Gasteiger partial charge is 0.481 e. The number of carboxylic acids is 1. The summed E-state index contributed by atoms with van der Waals surface area (Å²) >= 11 is 3.23. The zero-order chi connectivity index (χ0) is 32.5. The van der Waals surface area contributed by atoms with Crippen LogP contribution in [0.25, 0.3) is 0 Å². The highest BCUT2D eigenvalue weighted by Gasteiger charge is 2.74. The van der Waals surface area contributed by atoms with Gasteiger partial charge in [-0.25, -0.2) is 12.8 Å². The van der Waals surface area contributed by atoms with Crippen LogP contribution in [0.1, 0.15) is 55.2 Å². The van der Waals surface area contributed by atoms with Gasteiger partial charge in [0.1, 0.15) is 4.75 Å². The summed E-state index contributed by atoms with van der Waals surface area (Å²) in [5.41, 5.74) is -7.64. The van der Waals surface area contributed by atoms with Gasteiger partial charge in [-0.3, -0.25) is 9.59 Å². The van der Waals surface area contributed by atoms with Crippen molar-refractivity contribution in [1.82, 2.24) is 4.90 Å². The number of sulfone groups is 1.